The standard InChI is InChI=1S/C22H26N6O2/c1-15(24-7-8-25-20-13-26-27-14-20)16-5-4-6-19(10-16)28-21(29)17-9-18(12-23-11-17)22(2,3)30/h4-13,15,26-27,30H,14H2,1-3H3,(H,28,29). The number of aromatic nitrogens is 1. The Labute approximate surface area is 175 Å². The molecule has 1 aliphatic rings. The highest BCUT2D eigenvalue weighted by Crippen LogP contribution is 2.22. The van der Waals surface area contributed by atoms with Crippen LogP contribution in [0.4, 0.5) is 5.69 Å². The van der Waals surface area contributed by atoms with E-state index in [0.29, 0.717) is 23.4 Å². The molecule has 1 amide bonds. The first-order chi connectivity index (χ1) is 14.3. The molecule has 0 radical (unpaired) electrons. The van der Waals surface area contributed by atoms with Crippen LogP contribution in [0.2, 0.25) is 0 Å². The Kier molecular flexibility index (Phi) is 6.71. The Morgan fingerprint density at radius 3 is 2.87 bits per heavy atom. The van der Waals surface area contributed by atoms with Gasteiger partial charge in [-0.25, -0.2) is 5.43 Å². The van der Waals surface area contributed by atoms with Crippen molar-refractivity contribution in [3.8, 4) is 0 Å². The number of rotatable bonds is 7. The Morgan fingerprint density at radius 2 is 2.13 bits per heavy atom. The fourth-order valence-corrected chi connectivity index (χ4v) is 2.77. The Hall–Kier alpha value is -3.36. The number of benzene rings is 1. The van der Waals surface area contributed by atoms with E-state index in [9.17, 15) is 9.90 Å². The molecule has 1 unspecified atom stereocenters. The molecule has 0 aliphatic carbocycles. The van der Waals surface area contributed by atoms with Crippen molar-refractivity contribution in [1.82, 2.24) is 15.8 Å². The second-order valence-corrected chi connectivity index (χ2v) is 7.49. The average Bonchev–Trinajstić information content (AvgIpc) is 3.24. The number of anilines is 1. The van der Waals surface area contributed by atoms with Gasteiger partial charge in [-0.15, -0.1) is 0 Å². The molecule has 1 atom stereocenters. The van der Waals surface area contributed by atoms with Gasteiger partial charge in [-0.1, -0.05) is 12.1 Å². The number of nitrogens with one attached hydrogen (secondary N) is 3. The molecule has 1 aliphatic heterocycles. The van der Waals surface area contributed by atoms with Gasteiger partial charge in [0.1, 0.15) is 0 Å². The van der Waals surface area contributed by atoms with E-state index in [4.69, 9.17) is 0 Å². The Balaban J connectivity index is 1.65. The number of hydrogen-bond donors (Lipinski definition) is 4. The van der Waals surface area contributed by atoms with Gasteiger partial charge in [0.05, 0.1) is 29.4 Å². The highest BCUT2D eigenvalue weighted by atomic mass is 16.3. The predicted octanol–water partition coefficient (Wildman–Crippen LogP) is 2.71. The number of carbonyl (C=O) groups is 1. The summed E-state index contributed by atoms with van der Waals surface area (Å²) in [4.78, 5) is 25.4. The molecular weight excluding hydrogens is 380 g/mol. The van der Waals surface area contributed by atoms with Gasteiger partial charge in [-0.05, 0) is 44.5 Å². The van der Waals surface area contributed by atoms with E-state index in [2.05, 4.69) is 31.1 Å². The molecule has 0 fully saturated rings. The molecule has 1 aromatic carbocycles. The van der Waals surface area contributed by atoms with Crippen molar-refractivity contribution in [3.63, 3.8) is 0 Å². The summed E-state index contributed by atoms with van der Waals surface area (Å²) in [5, 5.41) is 13.0. The summed E-state index contributed by atoms with van der Waals surface area (Å²) in [6.45, 7) is 5.95. The molecule has 156 valence electrons. The minimum absolute atomic E-state index is 0.0951. The van der Waals surface area contributed by atoms with E-state index in [1.165, 1.54) is 6.20 Å². The normalized spacial score (nSPS) is 15.3. The van der Waals surface area contributed by atoms with E-state index in [1.807, 2.05) is 31.2 Å². The number of hydrogen-bond acceptors (Lipinski definition) is 7. The summed E-state index contributed by atoms with van der Waals surface area (Å²) in [5.41, 5.74) is 8.23. The van der Waals surface area contributed by atoms with Gasteiger partial charge in [-0.2, -0.15) is 0 Å². The van der Waals surface area contributed by atoms with Crippen LogP contribution in [0, 0.1) is 0 Å². The maximum atomic E-state index is 12.6. The molecule has 0 saturated heterocycles. The summed E-state index contributed by atoms with van der Waals surface area (Å²) >= 11 is 0. The van der Waals surface area contributed by atoms with Gasteiger partial charge in [0, 0.05) is 42.3 Å². The molecule has 0 spiro atoms. The van der Waals surface area contributed by atoms with Crippen molar-refractivity contribution in [2.24, 2.45) is 9.98 Å². The molecule has 2 aromatic rings. The number of aliphatic hydroxyl groups is 1. The number of nitrogens with zero attached hydrogens (tertiary/aromatic N) is 3. The largest absolute Gasteiger partial charge is 0.386 e. The van der Waals surface area contributed by atoms with Gasteiger partial charge in [0.2, 0.25) is 0 Å². The quantitative estimate of drug-likeness (QED) is 0.529. The second kappa shape index (κ2) is 9.43. The highest BCUT2D eigenvalue weighted by Gasteiger charge is 2.18. The zero-order chi connectivity index (χ0) is 21.6. The number of pyridine rings is 1. The fraction of sp³-hybridized carbons (Fsp3) is 0.273. The van der Waals surface area contributed by atoms with Gasteiger partial charge < -0.3 is 15.8 Å². The molecule has 8 nitrogen and oxygen atoms in total. The van der Waals surface area contributed by atoms with Crippen molar-refractivity contribution in [2.75, 3.05) is 11.9 Å². The lowest BCUT2D eigenvalue weighted by atomic mass is 9.99. The summed E-state index contributed by atoms with van der Waals surface area (Å²) < 4.78 is 0. The Morgan fingerprint density at radius 1 is 1.30 bits per heavy atom. The predicted molar refractivity (Wildman–Crippen MR) is 118 cm³/mol. The van der Waals surface area contributed by atoms with Gasteiger partial charge in [0.25, 0.3) is 5.91 Å². The number of amides is 1. The van der Waals surface area contributed by atoms with E-state index in [-0.39, 0.29) is 11.9 Å². The maximum absolute atomic E-state index is 12.6. The second-order valence-electron chi connectivity index (χ2n) is 7.49. The minimum Gasteiger partial charge on any atom is -0.386 e. The molecule has 8 heteroatoms. The van der Waals surface area contributed by atoms with Gasteiger partial charge in [-0.3, -0.25) is 19.8 Å². The topological polar surface area (TPSA) is 111 Å². The number of hydrazine groups is 1. The van der Waals surface area contributed by atoms with E-state index < -0.39 is 5.60 Å². The van der Waals surface area contributed by atoms with Crippen LogP contribution in [-0.2, 0) is 5.60 Å². The zero-order valence-corrected chi connectivity index (χ0v) is 17.3. The van der Waals surface area contributed by atoms with Crippen LogP contribution in [-0.4, -0.2) is 35.0 Å². The van der Waals surface area contributed by atoms with Crippen LogP contribution < -0.4 is 16.2 Å². The van der Waals surface area contributed by atoms with Crippen molar-refractivity contribution in [2.45, 2.75) is 32.4 Å². The average molecular weight is 406 g/mol. The first-order valence-corrected chi connectivity index (χ1v) is 9.65. The van der Waals surface area contributed by atoms with Crippen molar-refractivity contribution >= 4 is 24.0 Å². The molecular formula is C22H26N6O2. The van der Waals surface area contributed by atoms with Crippen LogP contribution >= 0.6 is 0 Å². The first kappa shape index (κ1) is 21.4. The number of aliphatic imine (C=N–C) groups is 2. The van der Waals surface area contributed by atoms with Crippen LogP contribution in [0.5, 0.6) is 0 Å². The molecule has 1 aromatic heterocycles. The maximum Gasteiger partial charge on any atom is 0.257 e. The van der Waals surface area contributed by atoms with Crippen LogP contribution in [0.15, 0.2) is 64.6 Å². The summed E-state index contributed by atoms with van der Waals surface area (Å²) in [5.74, 6) is -0.291. The highest BCUT2D eigenvalue weighted by molar-refractivity contribution is 6.16. The zero-order valence-electron chi connectivity index (χ0n) is 17.3. The summed E-state index contributed by atoms with van der Waals surface area (Å²) in [7, 11) is 0. The SMILES string of the molecule is CC(N=CC=NC1=CNNC1)c1cccc(NC(=O)c2cncc(C(C)(C)O)c2)c1. The first-order valence-electron chi connectivity index (χ1n) is 9.65. The van der Waals surface area contributed by atoms with Crippen LogP contribution in [0.3, 0.4) is 0 Å². The van der Waals surface area contributed by atoms with Crippen LogP contribution in [0.25, 0.3) is 0 Å². The molecule has 0 saturated carbocycles. The summed E-state index contributed by atoms with van der Waals surface area (Å²) in [6.07, 6.45) is 8.16. The smallest absolute Gasteiger partial charge is 0.257 e. The van der Waals surface area contributed by atoms with Gasteiger partial charge in [0.15, 0.2) is 0 Å². The van der Waals surface area contributed by atoms with Gasteiger partial charge >= 0.3 is 0 Å². The van der Waals surface area contributed by atoms with Crippen LogP contribution in [0.1, 0.15) is 48.3 Å². The third-order valence-electron chi connectivity index (χ3n) is 4.56. The van der Waals surface area contributed by atoms with E-state index >= 15 is 0 Å². The lowest BCUT2D eigenvalue weighted by molar-refractivity contribution is 0.0781. The van der Waals surface area contributed by atoms with E-state index in [0.717, 1.165) is 11.3 Å². The Bertz CT molecular complexity index is 991. The molecule has 0 bridgehead atoms. The third kappa shape index (κ3) is 5.82. The lowest BCUT2D eigenvalue weighted by Gasteiger charge is -2.17. The molecule has 2 heterocycles. The van der Waals surface area contributed by atoms with Crippen molar-refractivity contribution in [3.05, 3.63) is 71.3 Å². The molecule has 30 heavy (non-hydrogen) atoms. The number of carbonyl (C=O) groups excluding carboxylic acids is 1. The summed E-state index contributed by atoms with van der Waals surface area (Å²) in [6, 6.07) is 9.08. The van der Waals surface area contributed by atoms with Crippen molar-refractivity contribution in [1.29, 1.82) is 0 Å². The fourth-order valence-electron chi connectivity index (χ4n) is 2.77. The van der Waals surface area contributed by atoms with Crippen molar-refractivity contribution < 1.29 is 9.90 Å². The minimum atomic E-state index is -1.07. The third-order valence-corrected chi connectivity index (χ3v) is 4.56. The molecule has 4 N–H and O–H groups in total. The molecule has 3 rings (SSSR count). The lowest BCUT2D eigenvalue weighted by Crippen LogP contribution is -2.20. The monoisotopic (exact) mass is 406 g/mol. The van der Waals surface area contributed by atoms with E-state index in [1.54, 1.807) is 44.7 Å².